The number of carboxylic acid groups (broad SMARTS) is 1. The second kappa shape index (κ2) is 11.5. The minimum absolute atomic E-state index is 0.0616. The van der Waals surface area contributed by atoms with Crippen LogP contribution in [0.5, 0.6) is 0 Å². The number of amides is 1. The zero-order valence-electron chi connectivity index (χ0n) is 13.3. The van der Waals surface area contributed by atoms with Crippen molar-refractivity contribution in [3.63, 3.8) is 0 Å². The highest BCUT2D eigenvalue weighted by atomic mass is 16.4. The highest BCUT2D eigenvalue weighted by Gasteiger charge is 2.13. The Morgan fingerprint density at radius 2 is 1.43 bits per heavy atom. The Kier molecular flexibility index (Phi) is 10.4. The minimum Gasteiger partial charge on any atom is -0.481 e. The van der Waals surface area contributed by atoms with Gasteiger partial charge in [-0.15, -0.1) is 0 Å². The molecular formula is C15H24N2O6. The summed E-state index contributed by atoms with van der Waals surface area (Å²) in [6.45, 7) is 1.53. The average Bonchev–Trinajstić information content (AvgIpc) is 2.41. The van der Waals surface area contributed by atoms with Gasteiger partial charge in [0.1, 0.15) is 17.3 Å². The van der Waals surface area contributed by atoms with E-state index in [1.54, 1.807) is 0 Å². The third-order valence-corrected chi connectivity index (χ3v) is 3.05. The lowest BCUT2D eigenvalue weighted by Crippen LogP contribution is -2.34. The normalized spacial score (nSPS) is 11.6. The fourth-order valence-electron chi connectivity index (χ4n) is 1.79. The Balaban J connectivity index is 3.77. The summed E-state index contributed by atoms with van der Waals surface area (Å²) in [5.74, 6) is -1.83. The van der Waals surface area contributed by atoms with E-state index in [1.807, 2.05) is 0 Å². The summed E-state index contributed by atoms with van der Waals surface area (Å²) in [6.07, 6.45) is 0.216. The molecule has 0 rings (SSSR count). The minimum atomic E-state index is -1.07. The largest absolute Gasteiger partial charge is 0.481 e. The van der Waals surface area contributed by atoms with Gasteiger partial charge in [-0.1, -0.05) is 0 Å². The van der Waals surface area contributed by atoms with Crippen LogP contribution in [0.4, 0.5) is 0 Å². The number of carboxylic acids is 1. The molecule has 8 nitrogen and oxygen atoms in total. The van der Waals surface area contributed by atoms with Crippen LogP contribution in [0.2, 0.25) is 0 Å². The van der Waals surface area contributed by atoms with Crippen molar-refractivity contribution in [3.8, 4) is 0 Å². The number of aliphatic carboxylic acids is 1. The number of hydrogen-bond acceptors (Lipinski definition) is 6. The third kappa shape index (κ3) is 13.3. The van der Waals surface area contributed by atoms with Crippen LogP contribution in [0, 0.1) is 0 Å². The van der Waals surface area contributed by atoms with Gasteiger partial charge in [0.25, 0.3) is 0 Å². The molecule has 0 saturated heterocycles. The fourth-order valence-corrected chi connectivity index (χ4v) is 1.79. The summed E-state index contributed by atoms with van der Waals surface area (Å²) in [5.41, 5.74) is 5.47. The molecule has 0 bridgehead atoms. The lowest BCUT2D eigenvalue weighted by Gasteiger charge is -2.09. The third-order valence-electron chi connectivity index (χ3n) is 3.05. The summed E-state index contributed by atoms with van der Waals surface area (Å²) in [4.78, 5) is 55.5. The molecule has 8 heteroatoms. The van der Waals surface area contributed by atoms with Crippen LogP contribution < -0.4 is 11.1 Å². The van der Waals surface area contributed by atoms with Gasteiger partial charge in [0.2, 0.25) is 5.91 Å². The predicted molar refractivity (Wildman–Crippen MR) is 81.6 cm³/mol. The maximum atomic E-state index is 11.6. The molecule has 0 aliphatic heterocycles. The molecule has 1 unspecified atom stereocenters. The van der Waals surface area contributed by atoms with E-state index in [0.29, 0.717) is 0 Å². The Morgan fingerprint density at radius 1 is 0.913 bits per heavy atom. The molecule has 1 atom stereocenters. The van der Waals surface area contributed by atoms with E-state index in [-0.39, 0.29) is 68.8 Å². The van der Waals surface area contributed by atoms with Crippen molar-refractivity contribution in [1.82, 2.24) is 5.32 Å². The smallest absolute Gasteiger partial charge is 0.304 e. The standard InChI is InChI=1S/C15H24N2O6/c1-10(18)2-3-12(19)4-5-13(20)6-7-17-14(21)8-11(16)9-15(22)23/h11H,2-9,16H2,1H3,(H,17,21)(H,22,23). The second-order valence-corrected chi connectivity index (χ2v) is 5.44. The maximum absolute atomic E-state index is 11.6. The lowest BCUT2D eigenvalue weighted by atomic mass is 10.1. The van der Waals surface area contributed by atoms with Crippen LogP contribution in [0.1, 0.15) is 51.9 Å². The molecule has 0 aromatic rings. The van der Waals surface area contributed by atoms with E-state index in [1.165, 1.54) is 6.92 Å². The predicted octanol–water partition coefficient (Wildman–Crippen LogP) is -0.0276. The first kappa shape index (κ1) is 20.9. The molecule has 0 aromatic heterocycles. The van der Waals surface area contributed by atoms with Crippen molar-refractivity contribution < 1.29 is 29.1 Å². The first-order chi connectivity index (χ1) is 10.7. The van der Waals surface area contributed by atoms with E-state index >= 15 is 0 Å². The van der Waals surface area contributed by atoms with E-state index in [0.717, 1.165) is 0 Å². The zero-order chi connectivity index (χ0) is 17.8. The first-order valence-electron chi connectivity index (χ1n) is 7.47. The van der Waals surface area contributed by atoms with Crippen molar-refractivity contribution in [2.45, 2.75) is 57.9 Å². The zero-order valence-corrected chi connectivity index (χ0v) is 13.3. The molecule has 0 aliphatic carbocycles. The number of nitrogens with two attached hydrogens (primary N) is 1. The first-order valence-corrected chi connectivity index (χ1v) is 7.47. The average molecular weight is 328 g/mol. The summed E-state index contributed by atoms with van der Waals surface area (Å²) >= 11 is 0. The Morgan fingerprint density at radius 3 is 1.96 bits per heavy atom. The summed E-state index contributed by atoms with van der Waals surface area (Å²) < 4.78 is 0. The van der Waals surface area contributed by atoms with Gasteiger partial charge in [-0.25, -0.2) is 0 Å². The molecule has 0 spiro atoms. The van der Waals surface area contributed by atoms with Crippen LogP contribution in [-0.4, -0.2) is 46.9 Å². The molecule has 0 heterocycles. The number of rotatable bonds is 13. The van der Waals surface area contributed by atoms with Crippen molar-refractivity contribution in [1.29, 1.82) is 0 Å². The highest BCUT2D eigenvalue weighted by Crippen LogP contribution is 2.02. The summed E-state index contributed by atoms with van der Waals surface area (Å²) in [7, 11) is 0. The monoisotopic (exact) mass is 328 g/mol. The van der Waals surface area contributed by atoms with E-state index in [4.69, 9.17) is 10.8 Å². The number of nitrogens with one attached hydrogen (secondary N) is 1. The summed E-state index contributed by atoms with van der Waals surface area (Å²) in [5, 5.41) is 11.0. The molecule has 0 aliphatic rings. The van der Waals surface area contributed by atoms with Crippen LogP contribution in [-0.2, 0) is 24.0 Å². The Hall–Kier alpha value is -2.09. The van der Waals surface area contributed by atoms with Crippen molar-refractivity contribution in [2.24, 2.45) is 5.73 Å². The second-order valence-electron chi connectivity index (χ2n) is 5.44. The van der Waals surface area contributed by atoms with Crippen LogP contribution in [0.25, 0.3) is 0 Å². The van der Waals surface area contributed by atoms with Gasteiger partial charge in [-0.3, -0.25) is 19.2 Å². The van der Waals surface area contributed by atoms with Crippen LogP contribution >= 0.6 is 0 Å². The molecule has 4 N–H and O–H groups in total. The van der Waals surface area contributed by atoms with Gasteiger partial charge >= 0.3 is 5.97 Å². The van der Waals surface area contributed by atoms with Crippen molar-refractivity contribution >= 4 is 29.2 Å². The Labute approximate surface area is 134 Å². The highest BCUT2D eigenvalue weighted by molar-refractivity contribution is 5.88. The fraction of sp³-hybridized carbons (Fsp3) is 0.667. The number of hydrogen-bond donors (Lipinski definition) is 3. The van der Waals surface area contributed by atoms with Crippen LogP contribution in [0.15, 0.2) is 0 Å². The van der Waals surface area contributed by atoms with Gasteiger partial charge in [0, 0.05) is 51.1 Å². The van der Waals surface area contributed by atoms with Crippen LogP contribution in [0.3, 0.4) is 0 Å². The number of Topliss-reactive ketones (excluding diaryl/α,β-unsaturated/α-hetero) is 3. The molecule has 130 valence electrons. The molecule has 0 saturated carbocycles. The number of carbonyl (C=O) groups excluding carboxylic acids is 4. The van der Waals surface area contributed by atoms with Crippen molar-refractivity contribution in [3.05, 3.63) is 0 Å². The van der Waals surface area contributed by atoms with E-state index < -0.39 is 17.9 Å². The van der Waals surface area contributed by atoms with E-state index in [9.17, 15) is 24.0 Å². The molecular weight excluding hydrogens is 304 g/mol. The lowest BCUT2D eigenvalue weighted by molar-refractivity contribution is -0.137. The number of ketones is 3. The molecule has 23 heavy (non-hydrogen) atoms. The van der Waals surface area contributed by atoms with E-state index in [2.05, 4.69) is 5.32 Å². The SMILES string of the molecule is CC(=O)CCC(=O)CCC(=O)CCNC(=O)CC(N)CC(=O)O. The van der Waals surface area contributed by atoms with Gasteiger partial charge in [0.15, 0.2) is 0 Å². The van der Waals surface area contributed by atoms with Gasteiger partial charge in [-0.2, -0.15) is 0 Å². The molecule has 0 aromatic carbocycles. The van der Waals surface area contributed by atoms with Crippen molar-refractivity contribution in [2.75, 3.05) is 6.54 Å². The quantitative estimate of drug-likeness (QED) is 0.430. The molecule has 0 radical (unpaired) electrons. The van der Waals surface area contributed by atoms with Gasteiger partial charge < -0.3 is 21.0 Å². The van der Waals surface area contributed by atoms with Gasteiger partial charge in [0.05, 0.1) is 6.42 Å². The number of carbonyl (C=O) groups is 5. The topological polar surface area (TPSA) is 144 Å². The van der Waals surface area contributed by atoms with Gasteiger partial charge in [-0.05, 0) is 6.92 Å². The molecule has 0 fully saturated rings. The summed E-state index contributed by atoms with van der Waals surface area (Å²) in [6, 6.07) is -0.762. The maximum Gasteiger partial charge on any atom is 0.304 e. The molecule has 1 amide bonds. The Bertz CT molecular complexity index is 461.